The number of benzene rings is 1. The Bertz CT molecular complexity index is 576. The van der Waals surface area contributed by atoms with Crippen molar-refractivity contribution in [2.75, 3.05) is 0 Å². The predicted octanol–water partition coefficient (Wildman–Crippen LogP) is 1.64. The number of hydrogen-bond acceptors (Lipinski definition) is 5. The van der Waals surface area contributed by atoms with Crippen molar-refractivity contribution in [3.05, 3.63) is 41.5 Å². The van der Waals surface area contributed by atoms with Crippen LogP contribution in [-0.2, 0) is 14.4 Å². The van der Waals surface area contributed by atoms with Gasteiger partial charge in [0.05, 0.1) is 11.7 Å². The highest BCUT2D eigenvalue weighted by atomic mass is 32.2. The van der Waals surface area contributed by atoms with E-state index in [0.717, 1.165) is 0 Å². The number of thioether (sulfide) groups is 1. The van der Waals surface area contributed by atoms with Gasteiger partial charge in [-0.05, 0) is 0 Å². The minimum absolute atomic E-state index is 0.317. The summed E-state index contributed by atoms with van der Waals surface area (Å²) < 4.78 is 0. The van der Waals surface area contributed by atoms with Crippen molar-refractivity contribution in [1.82, 2.24) is 0 Å². The molecule has 1 unspecified atom stereocenters. The number of carbonyl (C=O) groups excluding carboxylic acids is 2. The van der Waals surface area contributed by atoms with Gasteiger partial charge in [-0.25, -0.2) is 0 Å². The van der Waals surface area contributed by atoms with Crippen LogP contribution < -0.4 is 0 Å². The summed E-state index contributed by atoms with van der Waals surface area (Å²) in [6.45, 7) is 0. The van der Waals surface area contributed by atoms with E-state index in [1.165, 1.54) is 0 Å². The Hall–Kier alpha value is -2.08. The highest BCUT2D eigenvalue weighted by Gasteiger charge is 2.41. The average Bonchev–Trinajstić information content (AvgIpc) is 2.64. The molecule has 1 fully saturated rings. The van der Waals surface area contributed by atoms with E-state index in [4.69, 9.17) is 5.11 Å². The minimum Gasteiger partial charge on any atom is -0.506 e. The van der Waals surface area contributed by atoms with Gasteiger partial charge >= 0.3 is 5.97 Å². The van der Waals surface area contributed by atoms with Gasteiger partial charge in [-0.2, -0.15) is 0 Å². The molecule has 5 nitrogen and oxygen atoms in total. The molecule has 0 aromatic heterocycles. The van der Waals surface area contributed by atoms with E-state index in [0.29, 0.717) is 17.3 Å². The first-order chi connectivity index (χ1) is 9.00. The molecule has 0 aliphatic carbocycles. The zero-order valence-corrected chi connectivity index (χ0v) is 10.5. The normalized spacial score (nSPS) is 21.6. The van der Waals surface area contributed by atoms with Crippen molar-refractivity contribution in [2.24, 2.45) is 0 Å². The zero-order chi connectivity index (χ0) is 14.0. The number of carboxylic acid groups (broad SMARTS) is 1. The van der Waals surface area contributed by atoms with Crippen LogP contribution in [0.4, 0.5) is 0 Å². The summed E-state index contributed by atoms with van der Waals surface area (Å²) in [5, 5.41) is 17.1. The van der Waals surface area contributed by atoms with Gasteiger partial charge < -0.3 is 10.2 Å². The molecule has 0 radical (unpaired) electrons. The quantitative estimate of drug-likeness (QED) is 0.496. The van der Waals surface area contributed by atoms with Crippen LogP contribution in [0.5, 0.6) is 0 Å². The number of rotatable bonds is 3. The van der Waals surface area contributed by atoms with Crippen LogP contribution in [0.3, 0.4) is 0 Å². The predicted molar refractivity (Wildman–Crippen MR) is 69.6 cm³/mol. The Morgan fingerprint density at radius 2 is 1.79 bits per heavy atom. The summed E-state index contributed by atoms with van der Waals surface area (Å²) in [5.74, 6) is -2.17. The van der Waals surface area contributed by atoms with Crippen LogP contribution >= 0.6 is 11.8 Å². The number of carbonyl (C=O) groups is 3. The van der Waals surface area contributed by atoms with Crippen molar-refractivity contribution in [3.8, 4) is 0 Å². The highest BCUT2D eigenvalue weighted by Crippen LogP contribution is 2.35. The Morgan fingerprint density at radius 3 is 2.37 bits per heavy atom. The molecule has 0 spiro atoms. The molecule has 0 saturated carbocycles. The van der Waals surface area contributed by atoms with Gasteiger partial charge in [0.15, 0.2) is 5.78 Å². The van der Waals surface area contributed by atoms with Gasteiger partial charge in [0.1, 0.15) is 11.3 Å². The molecular formula is C13H10O5S. The molecule has 1 aliphatic rings. The van der Waals surface area contributed by atoms with Crippen molar-refractivity contribution in [3.63, 3.8) is 0 Å². The Morgan fingerprint density at radius 1 is 1.16 bits per heavy atom. The number of carboxylic acids is 1. The van der Waals surface area contributed by atoms with Crippen LogP contribution in [0.15, 0.2) is 35.9 Å². The van der Waals surface area contributed by atoms with E-state index in [9.17, 15) is 19.5 Å². The molecule has 1 aliphatic heterocycles. The molecule has 2 rings (SSSR count). The summed E-state index contributed by atoms with van der Waals surface area (Å²) in [7, 11) is 0. The van der Waals surface area contributed by atoms with Gasteiger partial charge in [0.2, 0.25) is 5.12 Å². The Balaban J connectivity index is 2.37. The standard InChI is InChI=1S/C13H10O5S/c14-9(15)6-8-12(17)10(13(18)19-8)11(16)7-4-2-1-3-5-7/h1-5,8,16H,6H2,(H,14,15)/b11-10-. The first-order valence-electron chi connectivity index (χ1n) is 5.46. The van der Waals surface area contributed by atoms with E-state index >= 15 is 0 Å². The van der Waals surface area contributed by atoms with Gasteiger partial charge in [-0.3, -0.25) is 14.4 Å². The number of aliphatic hydroxyl groups is 1. The van der Waals surface area contributed by atoms with Crippen LogP contribution in [0.25, 0.3) is 5.76 Å². The molecule has 1 heterocycles. The third-order valence-corrected chi connectivity index (χ3v) is 3.72. The van der Waals surface area contributed by atoms with Gasteiger partial charge in [-0.15, -0.1) is 0 Å². The first-order valence-corrected chi connectivity index (χ1v) is 6.34. The molecule has 2 N–H and O–H groups in total. The fourth-order valence-electron chi connectivity index (χ4n) is 1.75. The number of aliphatic carboxylic acids is 1. The lowest BCUT2D eigenvalue weighted by molar-refractivity contribution is -0.138. The maximum atomic E-state index is 11.9. The molecule has 98 valence electrons. The average molecular weight is 278 g/mol. The van der Waals surface area contributed by atoms with Gasteiger partial charge in [-0.1, -0.05) is 42.1 Å². The summed E-state index contributed by atoms with van der Waals surface area (Å²) in [6, 6.07) is 8.20. The molecule has 1 aromatic carbocycles. The number of ketones is 1. The van der Waals surface area contributed by atoms with E-state index in [-0.39, 0.29) is 5.57 Å². The van der Waals surface area contributed by atoms with Crippen molar-refractivity contribution in [2.45, 2.75) is 11.7 Å². The van der Waals surface area contributed by atoms with Crippen LogP contribution in [0.1, 0.15) is 12.0 Å². The third kappa shape index (κ3) is 2.68. The van der Waals surface area contributed by atoms with Crippen molar-refractivity contribution in [1.29, 1.82) is 0 Å². The summed E-state index contributed by atoms with van der Waals surface area (Å²) >= 11 is 0.646. The maximum absolute atomic E-state index is 11.9. The lowest BCUT2D eigenvalue weighted by atomic mass is 10.0. The second kappa shape index (κ2) is 5.27. The van der Waals surface area contributed by atoms with E-state index < -0.39 is 34.3 Å². The lowest BCUT2D eigenvalue weighted by Gasteiger charge is -2.03. The molecule has 1 atom stereocenters. The topological polar surface area (TPSA) is 91.7 Å². The Labute approximate surface area is 112 Å². The van der Waals surface area contributed by atoms with Crippen LogP contribution in [0.2, 0.25) is 0 Å². The summed E-state index contributed by atoms with van der Waals surface area (Å²) in [6.07, 6.45) is -0.430. The van der Waals surface area contributed by atoms with Crippen LogP contribution in [0, 0.1) is 0 Å². The maximum Gasteiger partial charge on any atom is 0.304 e. The van der Waals surface area contributed by atoms with E-state index in [1.54, 1.807) is 30.3 Å². The highest BCUT2D eigenvalue weighted by molar-refractivity contribution is 8.16. The number of Topliss-reactive ketones (excluding diaryl/α,β-unsaturated/α-hetero) is 1. The Kier molecular flexibility index (Phi) is 3.71. The molecule has 0 amide bonds. The molecule has 0 bridgehead atoms. The number of aliphatic hydroxyl groups excluding tert-OH is 1. The second-order valence-corrected chi connectivity index (χ2v) is 5.12. The minimum atomic E-state index is -1.15. The van der Waals surface area contributed by atoms with Crippen molar-refractivity contribution >= 4 is 34.4 Å². The fourth-order valence-corrected chi connectivity index (χ4v) is 2.77. The molecule has 19 heavy (non-hydrogen) atoms. The van der Waals surface area contributed by atoms with Crippen molar-refractivity contribution < 1.29 is 24.6 Å². The number of hydrogen-bond donors (Lipinski definition) is 2. The van der Waals surface area contributed by atoms with E-state index in [1.807, 2.05) is 0 Å². The zero-order valence-electron chi connectivity index (χ0n) is 9.70. The summed E-state index contributed by atoms with van der Waals surface area (Å²) in [4.78, 5) is 34.3. The lowest BCUT2D eigenvalue weighted by Crippen LogP contribution is -2.17. The second-order valence-electron chi connectivity index (χ2n) is 3.95. The molecular weight excluding hydrogens is 268 g/mol. The summed E-state index contributed by atoms with van der Waals surface area (Å²) in [5.41, 5.74) is 0.0400. The van der Waals surface area contributed by atoms with Gasteiger partial charge in [0, 0.05) is 5.56 Å². The first kappa shape index (κ1) is 13.4. The smallest absolute Gasteiger partial charge is 0.304 e. The fraction of sp³-hybridized carbons (Fsp3) is 0.154. The largest absolute Gasteiger partial charge is 0.506 e. The molecule has 1 aromatic rings. The van der Waals surface area contributed by atoms with Gasteiger partial charge in [0.25, 0.3) is 0 Å². The monoisotopic (exact) mass is 278 g/mol. The SMILES string of the molecule is O=C(O)CC1SC(=O)/C(=C(\O)c2ccccc2)C1=O. The van der Waals surface area contributed by atoms with E-state index in [2.05, 4.69) is 0 Å². The molecule has 1 saturated heterocycles. The van der Waals surface area contributed by atoms with Crippen LogP contribution in [-0.4, -0.2) is 32.3 Å². The molecule has 6 heteroatoms. The third-order valence-electron chi connectivity index (χ3n) is 2.64.